The van der Waals surface area contributed by atoms with Crippen LogP contribution in [0.25, 0.3) is 0 Å². The zero-order valence-corrected chi connectivity index (χ0v) is 13.8. The molecule has 0 radical (unpaired) electrons. The smallest absolute Gasteiger partial charge is 0.256 e. The summed E-state index contributed by atoms with van der Waals surface area (Å²) in [5, 5.41) is 7.89. The van der Waals surface area contributed by atoms with E-state index in [9.17, 15) is 4.79 Å². The number of carbonyl (C=O) groups excluding carboxylic acids is 1. The van der Waals surface area contributed by atoms with E-state index in [1.54, 1.807) is 18.0 Å². The van der Waals surface area contributed by atoms with Crippen molar-refractivity contribution >= 4 is 41.0 Å². The molecule has 0 aliphatic heterocycles. The van der Waals surface area contributed by atoms with Crippen molar-refractivity contribution in [2.75, 3.05) is 19.1 Å². The normalized spacial score (nSPS) is 10.7. The van der Waals surface area contributed by atoms with E-state index in [-0.39, 0.29) is 5.91 Å². The van der Waals surface area contributed by atoms with Crippen LogP contribution in [0.4, 0.5) is 0 Å². The quantitative estimate of drug-likeness (QED) is 0.625. The van der Waals surface area contributed by atoms with Crippen molar-refractivity contribution in [3.8, 4) is 0 Å². The fourth-order valence-electron chi connectivity index (χ4n) is 1.69. The monoisotopic (exact) mass is 328 g/mol. The first-order valence-electron chi connectivity index (χ1n) is 6.09. The lowest BCUT2D eigenvalue weighted by Crippen LogP contribution is -2.25. The summed E-state index contributed by atoms with van der Waals surface area (Å²) in [6.45, 7) is 1.44. The maximum atomic E-state index is 12.2. The van der Waals surface area contributed by atoms with Gasteiger partial charge in [0.05, 0.1) is 9.77 Å². The van der Waals surface area contributed by atoms with E-state index in [4.69, 9.17) is 0 Å². The molecule has 0 fully saturated rings. The minimum absolute atomic E-state index is 0.0343. The number of thioether (sulfide) groups is 2. The van der Waals surface area contributed by atoms with Crippen LogP contribution in [0.3, 0.4) is 0 Å². The summed E-state index contributed by atoms with van der Waals surface area (Å²) < 4.78 is 7.14. The average molecular weight is 328 g/mol. The molecule has 1 N–H and O–H groups in total. The maximum absolute atomic E-state index is 12.2. The molecule has 108 valence electrons. The van der Waals surface area contributed by atoms with Crippen LogP contribution in [-0.2, 0) is 6.54 Å². The lowest BCUT2D eigenvalue weighted by atomic mass is 10.3. The first kappa shape index (κ1) is 15.4. The van der Waals surface area contributed by atoms with Crippen molar-refractivity contribution in [2.24, 2.45) is 0 Å². The molecule has 20 heavy (non-hydrogen) atoms. The van der Waals surface area contributed by atoms with Crippen molar-refractivity contribution in [1.29, 1.82) is 0 Å². The summed E-state index contributed by atoms with van der Waals surface area (Å²) in [4.78, 5) is 12.2. The molecule has 0 aliphatic carbocycles. The molecule has 8 heteroatoms. The van der Waals surface area contributed by atoms with E-state index in [0.29, 0.717) is 12.1 Å². The van der Waals surface area contributed by atoms with Crippen molar-refractivity contribution < 1.29 is 4.79 Å². The van der Waals surface area contributed by atoms with Gasteiger partial charge in [0.1, 0.15) is 5.03 Å². The van der Waals surface area contributed by atoms with E-state index in [0.717, 1.165) is 22.2 Å². The van der Waals surface area contributed by atoms with Gasteiger partial charge in [0, 0.05) is 25.5 Å². The van der Waals surface area contributed by atoms with Crippen LogP contribution in [0.2, 0.25) is 0 Å². The second-order valence-electron chi connectivity index (χ2n) is 3.94. The lowest BCUT2D eigenvalue weighted by Gasteiger charge is -2.06. The number of rotatable bonds is 7. The molecule has 0 atom stereocenters. The highest BCUT2D eigenvalue weighted by Gasteiger charge is 2.19. The third kappa shape index (κ3) is 3.77. The second kappa shape index (κ2) is 7.70. The average Bonchev–Trinajstić information content (AvgIpc) is 3.11. The molecule has 2 heterocycles. The standard InChI is InChI=1S/C12H16N4OS3/c1-18-11-9(12(19-2)20-15-11)10(17)13-5-3-7-16-8-4-6-14-16/h4,6,8H,3,5,7H2,1-2H3,(H,13,17). The van der Waals surface area contributed by atoms with Gasteiger partial charge in [-0.05, 0) is 36.5 Å². The molecule has 0 spiro atoms. The fraction of sp³-hybridized carbons (Fsp3) is 0.417. The lowest BCUT2D eigenvalue weighted by molar-refractivity contribution is 0.0947. The Balaban J connectivity index is 1.86. The highest BCUT2D eigenvalue weighted by atomic mass is 32.2. The summed E-state index contributed by atoms with van der Waals surface area (Å²) in [6, 6.07) is 1.89. The van der Waals surface area contributed by atoms with Crippen molar-refractivity contribution in [3.05, 3.63) is 24.0 Å². The molecule has 1 amide bonds. The van der Waals surface area contributed by atoms with Crippen LogP contribution in [0.5, 0.6) is 0 Å². The Morgan fingerprint density at radius 3 is 2.95 bits per heavy atom. The van der Waals surface area contributed by atoms with E-state index in [1.807, 2.05) is 29.5 Å². The minimum Gasteiger partial charge on any atom is -0.352 e. The number of hydrogen-bond acceptors (Lipinski definition) is 6. The zero-order valence-electron chi connectivity index (χ0n) is 11.3. The van der Waals surface area contributed by atoms with Crippen LogP contribution in [0.1, 0.15) is 16.8 Å². The number of aryl methyl sites for hydroxylation is 1. The third-order valence-electron chi connectivity index (χ3n) is 2.64. The van der Waals surface area contributed by atoms with Gasteiger partial charge in [-0.1, -0.05) is 0 Å². The third-order valence-corrected chi connectivity index (χ3v) is 5.38. The Kier molecular flexibility index (Phi) is 5.93. The number of nitrogens with zero attached hydrogens (tertiary/aromatic N) is 3. The van der Waals surface area contributed by atoms with Crippen LogP contribution >= 0.6 is 35.1 Å². The van der Waals surface area contributed by atoms with Crippen LogP contribution in [-0.4, -0.2) is 39.1 Å². The van der Waals surface area contributed by atoms with Crippen LogP contribution < -0.4 is 5.32 Å². The molecule has 0 aliphatic rings. The van der Waals surface area contributed by atoms with Crippen molar-refractivity contribution in [1.82, 2.24) is 19.5 Å². The number of hydrogen-bond donors (Lipinski definition) is 1. The van der Waals surface area contributed by atoms with Gasteiger partial charge in [0.25, 0.3) is 5.91 Å². The molecule has 0 aromatic carbocycles. The number of carbonyl (C=O) groups is 1. The van der Waals surface area contributed by atoms with Gasteiger partial charge >= 0.3 is 0 Å². The Labute approximate surface area is 130 Å². The first-order chi connectivity index (χ1) is 9.76. The van der Waals surface area contributed by atoms with E-state index >= 15 is 0 Å². The minimum atomic E-state index is -0.0343. The van der Waals surface area contributed by atoms with Crippen molar-refractivity contribution in [3.63, 3.8) is 0 Å². The summed E-state index contributed by atoms with van der Waals surface area (Å²) in [5.74, 6) is -0.0343. The number of amides is 1. The predicted molar refractivity (Wildman–Crippen MR) is 84.9 cm³/mol. The van der Waals surface area contributed by atoms with Gasteiger partial charge in [-0.25, -0.2) is 0 Å². The van der Waals surface area contributed by atoms with E-state index in [1.165, 1.54) is 23.3 Å². The summed E-state index contributed by atoms with van der Waals surface area (Å²) in [5.41, 5.74) is 0.717. The van der Waals surface area contributed by atoms with Gasteiger partial charge in [0.15, 0.2) is 0 Å². The molecule has 0 saturated heterocycles. The maximum Gasteiger partial charge on any atom is 0.256 e. The Bertz CT molecular complexity index is 532. The highest BCUT2D eigenvalue weighted by Crippen LogP contribution is 2.32. The fourth-order valence-corrected chi connectivity index (χ4v) is 3.97. The van der Waals surface area contributed by atoms with Gasteiger partial charge in [-0.2, -0.15) is 9.47 Å². The topological polar surface area (TPSA) is 59.8 Å². The molecule has 0 bridgehead atoms. The Morgan fingerprint density at radius 2 is 2.30 bits per heavy atom. The van der Waals surface area contributed by atoms with Crippen LogP contribution in [0, 0.1) is 0 Å². The van der Waals surface area contributed by atoms with E-state index < -0.39 is 0 Å². The molecule has 2 aromatic rings. The van der Waals surface area contributed by atoms with Crippen molar-refractivity contribution in [2.45, 2.75) is 22.2 Å². The SMILES string of the molecule is CSc1nsc(SC)c1C(=O)NCCCn1cccn1. The molecule has 5 nitrogen and oxygen atoms in total. The Morgan fingerprint density at radius 1 is 1.45 bits per heavy atom. The molecule has 0 unspecified atom stereocenters. The Hall–Kier alpha value is -0.990. The largest absolute Gasteiger partial charge is 0.352 e. The molecular weight excluding hydrogens is 312 g/mol. The molecular formula is C12H16N4OS3. The second-order valence-corrected chi connectivity index (χ2v) is 6.58. The summed E-state index contributed by atoms with van der Waals surface area (Å²) >= 11 is 4.46. The highest BCUT2D eigenvalue weighted by molar-refractivity contribution is 8.01. The summed E-state index contributed by atoms with van der Waals surface area (Å²) in [6.07, 6.45) is 8.43. The van der Waals surface area contributed by atoms with Gasteiger partial charge in [0.2, 0.25) is 0 Å². The van der Waals surface area contributed by atoms with Gasteiger partial charge < -0.3 is 5.32 Å². The predicted octanol–water partition coefficient (Wildman–Crippen LogP) is 2.60. The molecule has 2 aromatic heterocycles. The number of nitrogens with one attached hydrogen (secondary N) is 1. The molecule has 2 rings (SSSR count). The molecule has 0 saturated carbocycles. The summed E-state index contributed by atoms with van der Waals surface area (Å²) in [7, 11) is 0. The number of aromatic nitrogens is 3. The van der Waals surface area contributed by atoms with Gasteiger partial charge in [-0.15, -0.1) is 23.5 Å². The van der Waals surface area contributed by atoms with Crippen LogP contribution in [0.15, 0.2) is 27.7 Å². The zero-order chi connectivity index (χ0) is 14.4. The van der Waals surface area contributed by atoms with E-state index in [2.05, 4.69) is 14.8 Å². The first-order valence-corrected chi connectivity index (χ1v) is 9.31. The van der Waals surface area contributed by atoms with Gasteiger partial charge in [-0.3, -0.25) is 9.48 Å².